The van der Waals surface area contributed by atoms with Crippen molar-refractivity contribution < 1.29 is 4.39 Å². The van der Waals surface area contributed by atoms with E-state index in [0.717, 1.165) is 23.7 Å². The van der Waals surface area contributed by atoms with E-state index in [4.69, 9.17) is 0 Å². The third-order valence-electron chi connectivity index (χ3n) is 4.05. The van der Waals surface area contributed by atoms with Crippen LogP contribution in [0.5, 0.6) is 0 Å². The minimum absolute atomic E-state index is 0.190. The second kappa shape index (κ2) is 5.98. The summed E-state index contributed by atoms with van der Waals surface area (Å²) in [5.41, 5.74) is 4.03. The molecule has 0 bridgehead atoms. The lowest BCUT2D eigenvalue weighted by Crippen LogP contribution is -2.19. The Morgan fingerprint density at radius 1 is 1.15 bits per heavy atom. The Morgan fingerprint density at radius 2 is 1.95 bits per heavy atom. The monoisotopic (exact) mass is 396 g/mol. The molecule has 2 atom stereocenters. The van der Waals surface area contributed by atoms with Crippen molar-refractivity contribution in [2.75, 3.05) is 0 Å². The molecule has 104 valence electrons. The predicted molar refractivity (Wildman–Crippen MR) is 87.7 cm³/mol. The van der Waals surface area contributed by atoms with E-state index in [-0.39, 0.29) is 5.82 Å². The maximum atomic E-state index is 13.2. The topological polar surface area (TPSA) is 0 Å². The Kier molecular flexibility index (Phi) is 4.27. The molecule has 1 aliphatic rings. The van der Waals surface area contributed by atoms with Gasteiger partial charge in [-0.15, -0.1) is 0 Å². The van der Waals surface area contributed by atoms with Crippen LogP contribution in [0.25, 0.3) is 0 Å². The average molecular weight is 398 g/mol. The van der Waals surface area contributed by atoms with Crippen molar-refractivity contribution in [3.63, 3.8) is 0 Å². The van der Waals surface area contributed by atoms with Crippen molar-refractivity contribution in [2.45, 2.75) is 24.1 Å². The van der Waals surface area contributed by atoms with E-state index in [1.807, 2.05) is 6.07 Å². The van der Waals surface area contributed by atoms with Crippen LogP contribution in [0.3, 0.4) is 0 Å². The normalized spacial score (nSPS) is 21.6. The Hall–Kier alpha value is -0.670. The summed E-state index contributed by atoms with van der Waals surface area (Å²) in [6.07, 6.45) is 3.25. The van der Waals surface area contributed by atoms with Gasteiger partial charge in [0.1, 0.15) is 5.82 Å². The maximum Gasteiger partial charge on any atom is 0.124 e. The van der Waals surface area contributed by atoms with Gasteiger partial charge in [0, 0.05) is 9.30 Å². The number of hydrogen-bond donors (Lipinski definition) is 0. The number of halogens is 3. The smallest absolute Gasteiger partial charge is 0.124 e. The minimum atomic E-state index is -0.190. The molecule has 0 nitrogen and oxygen atoms in total. The lowest BCUT2D eigenvalue weighted by atomic mass is 9.81. The van der Waals surface area contributed by atoms with Crippen LogP contribution in [0.2, 0.25) is 0 Å². The van der Waals surface area contributed by atoms with Gasteiger partial charge in [-0.3, -0.25) is 0 Å². The molecule has 3 heteroatoms. The predicted octanol–water partition coefficient (Wildman–Crippen LogP) is 5.83. The zero-order valence-electron chi connectivity index (χ0n) is 11.0. The first kappa shape index (κ1) is 14.3. The van der Waals surface area contributed by atoms with Gasteiger partial charge < -0.3 is 0 Å². The van der Waals surface area contributed by atoms with Crippen molar-refractivity contribution in [1.82, 2.24) is 0 Å². The lowest BCUT2D eigenvalue weighted by Gasteiger charge is -2.30. The molecule has 0 aliphatic heterocycles. The van der Waals surface area contributed by atoms with Gasteiger partial charge in [0.05, 0.1) is 0 Å². The summed E-state index contributed by atoms with van der Waals surface area (Å²) < 4.78 is 14.0. The molecule has 0 fully saturated rings. The molecule has 0 amide bonds. The van der Waals surface area contributed by atoms with Crippen LogP contribution in [0.15, 0.2) is 46.9 Å². The van der Waals surface area contributed by atoms with Gasteiger partial charge >= 0.3 is 0 Å². The minimum Gasteiger partial charge on any atom is -0.207 e. The molecule has 1 aliphatic carbocycles. The number of rotatable bonds is 2. The molecular weight excluding hydrogens is 383 g/mol. The summed E-state index contributed by atoms with van der Waals surface area (Å²) in [5.74, 6) is 0.358. The van der Waals surface area contributed by atoms with Crippen molar-refractivity contribution in [3.05, 3.63) is 69.4 Å². The largest absolute Gasteiger partial charge is 0.207 e. The van der Waals surface area contributed by atoms with E-state index in [0.29, 0.717) is 10.7 Å². The molecule has 0 aromatic heterocycles. The van der Waals surface area contributed by atoms with E-state index in [1.54, 1.807) is 12.1 Å². The first-order valence-electron chi connectivity index (χ1n) is 6.81. The third kappa shape index (κ3) is 2.84. The first-order valence-corrected chi connectivity index (χ1v) is 8.52. The number of alkyl halides is 1. The number of aryl methyl sites for hydroxylation is 1. The molecular formula is C17H15Br2F. The molecule has 2 aromatic rings. The molecule has 0 radical (unpaired) electrons. The standard InChI is InChI=1S/C17H15Br2F/c18-16-10-14(20)8-7-12(16)9-13-6-5-11-3-1-2-4-15(11)17(13)19/h1-4,7-8,10,13,17H,5-6,9H2. The summed E-state index contributed by atoms with van der Waals surface area (Å²) >= 11 is 7.33. The average Bonchev–Trinajstić information content (AvgIpc) is 2.45. The molecule has 20 heavy (non-hydrogen) atoms. The van der Waals surface area contributed by atoms with Gasteiger partial charge in [0.25, 0.3) is 0 Å². The highest BCUT2D eigenvalue weighted by atomic mass is 79.9. The van der Waals surface area contributed by atoms with Gasteiger partial charge in [-0.2, -0.15) is 0 Å². The summed E-state index contributed by atoms with van der Waals surface area (Å²) in [6, 6.07) is 13.6. The van der Waals surface area contributed by atoms with Gasteiger partial charge in [0.15, 0.2) is 0 Å². The molecule has 0 heterocycles. The van der Waals surface area contributed by atoms with Gasteiger partial charge in [-0.1, -0.05) is 62.2 Å². The summed E-state index contributed by atoms with van der Waals surface area (Å²) in [5, 5.41) is 0. The van der Waals surface area contributed by atoms with E-state index < -0.39 is 0 Å². The highest BCUT2D eigenvalue weighted by molar-refractivity contribution is 9.10. The second-order valence-corrected chi connectivity index (χ2v) is 7.18. The number of hydrogen-bond acceptors (Lipinski definition) is 0. The highest BCUT2D eigenvalue weighted by Gasteiger charge is 2.27. The van der Waals surface area contributed by atoms with Crippen LogP contribution in [-0.4, -0.2) is 0 Å². The molecule has 0 spiro atoms. The van der Waals surface area contributed by atoms with Crippen LogP contribution in [0, 0.1) is 11.7 Å². The van der Waals surface area contributed by atoms with Crippen LogP contribution < -0.4 is 0 Å². The van der Waals surface area contributed by atoms with Gasteiger partial charge in [-0.05, 0) is 54.0 Å². The fraction of sp³-hybridized carbons (Fsp3) is 0.294. The lowest BCUT2D eigenvalue weighted by molar-refractivity contribution is 0.451. The fourth-order valence-electron chi connectivity index (χ4n) is 2.95. The maximum absolute atomic E-state index is 13.2. The Balaban J connectivity index is 1.83. The van der Waals surface area contributed by atoms with Gasteiger partial charge in [-0.25, -0.2) is 4.39 Å². The second-order valence-electron chi connectivity index (χ2n) is 5.34. The molecule has 2 aromatic carbocycles. The van der Waals surface area contributed by atoms with Gasteiger partial charge in [0.2, 0.25) is 0 Å². The Labute approximate surface area is 135 Å². The van der Waals surface area contributed by atoms with E-state index >= 15 is 0 Å². The quantitative estimate of drug-likeness (QED) is 0.559. The van der Waals surface area contributed by atoms with Crippen LogP contribution in [0.4, 0.5) is 4.39 Å². The van der Waals surface area contributed by atoms with E-state index in [1.165, 1.54) is 16.7 Å². The summed E-state index contributed by atoms with van der Waals surface area (Å²) in [7, 11) is 0. The Morgan fingerprint density at radius 3 is 2.75 bits per heavy atom. The zero-order valence-corrected chi connectivity index (χ0v) is 14.1. The van der Waals surface area contributed by atoms with Crippen molar-refractivity contribution in [1.29, 1.82) is 0 Å². The third-order valence-corrected chi connectivity index (χ3v) is 6.03. The van der Waals surface area contributed by atoms with Crippen molar-refractivity contribution >= 4 is 31.9 Å². The fourth-order valence-corrected chi connectivity index (χ4v) is 4.36. The van der Waals surface area contributed by atoms with E-state index in [2.05, 4.69) is 56.1 Å². The molecule has 0 saturated heterocycles. The van der Waals surface area contributed by atoms with Crippen molar-refractivity contribution in [3.8, 4) is 0 Å². The number of fused-ring (bicyclic) bond motifs is 1. The van der Waals surface area contributed by atoms with Crippen LogP contribution in [0.1, 0.15) is 27.9 Å². The molecule has 2 unspecified atom stereocenters. The Bertz CT molecular complexity index is 624. The highest BCUT2D eigenvalue weighted by Crippen LogP contribution is 2.42. The van der Waals surface area contributed by atoms with Crippen LogP contribution in [-0.2, 0) is 12.8 Å². The number of benzene rings is 2. The van der Waals surface area contributed by atoms with Crippen molar-refractivity contribution in [2.24, 2.45) is 5.92 Å². The molecule has 3 rings (SSSR count). The molecule has 0 N–H and O–H groups in total. The SMILES string of the molecule is Fc1ccc(CC2CCc3ccccc3C2Br)c(Br)c1. The summed E-state index contributed by atoms with van der Waals surface area (Å²) in [6.45, 7) is 0. The first-order chi connectivity index (χ1) is 9.65. The van der Waals surface area contributed by atoms with Crippen LogP contribution >= 0.6 is 31.9 Å². The zero-order chi connectivity index (χ0) is 14.1. The molecule has 0 saturated carbocycles. The summed E-state index contributed by atoms with van der Waals surface area (Å²) in [4.78, 5) is 0.379. The van der Waals surface area contributed by atoms with E-state index in [9.17, 15) is 4.39 Å².